The van der Waals surface area contributed by atoms with Gasteiger partial charge < -0.3 is 48.8 Å². The monoisotopic (exact) mass is 964 g/mol. The van der Waals surface area contributed by atoms with E-state index in [2.05, 4.69) is 4.74 Å². The Kier molecular flexibility index (Phi) is 23.1. The molecule has 18 nitrogen and oxygen atoms in total. The number of esters is 3. The quantitative estimate of drug-likeness (QED) is 0.0273. The van der Waals surface area contributed by atoms with Gasteiger partial charge in [-0.05, 0) is 108 Å². The molecule has 4 N–H and O–H groups in total. The van der Waals surface area contributed by atoms with Gasteiger partial charge in [0.05, 0.1) is 41.3 Å². The summed E-state index contributed by atoms with van der Waals surface area (Å²) in [6, 6.07) is 18.6. The molecule has 0 spiro atoms. The Morgan fingerprint density at radius 2 is 0.843 bits per heavy atom. The maximum Gasteiger partial charge on any atom is 0.313 e. The molecule has 5 rings (SSSR count). The molecule has 0 saturated carbocycles. The molecular formula is C52H52O18. The lowest BCUT2D eigenvalue weighted by Crippen LogP contribution is -2.17. The maximum atomic E-state index is 12.2. The number of allylic oxidation sites excluding steroid dienone is 4. The molecule has 18 heteroatoms. The van der Waals surface area contributed by atoms with Crippen LogP contribution < -0.4 is 23.7 Å². The summed E-state index contributed by atoms with van der Waals surface area (Å²) < 4.78 is 29.7. The van der Waals surface area contributed by atoms with Gasteiger partial charge in [0.25, 0.3) is 0 Å². The van der Waals surface area contributed by atoms with Crippen LogP contribution in [0.2, 0.25) is 0 Å². The van der Waals surface area contributed by atoms with E-state index >= 15 is 0 Å². The molecular weight excluding hydrogens is 913 g/mol. The Labute approximate surface area is 402 Å². The molecule has 1 aliphatic heterocycles. The number of methoxy groups -OCH3 is 4. The Morgan fingerprint density at radius 1 is 0.500 bits per heavy atom. The number of hydrogen-bond donors (Lipinski definition) is 4. The van der Waals surface area contributed by atoms with Crippen molar-refractivity contribution in [2.24, 2.45) is 0 Å². The second-order valence-corrected chi connectivity index (χ2v) is 14.7. The number of carbonyl (C=O) groups excluding carboxylic acids is 7. The first-order chi connectivity index (χ1) is 33.4. The number of carboxylic acid groups (broad SMARTS) is 1. The van der Waals surface area contributed by atoms with E-state index in [1.165, 1.54) is 89.2 Å². The van der Waals surface area contributed by atoms with Crippen LogP contribution in [0.4, 0.5) is 0 Å². The number of phenols is 3. The Bertz CT molecular complexity index is 2570. The fourth-order valence-corrected chi connectivity index (χ4v) is 5.77. The van der Waals surface area contributed by atoms with Gasteiger partial charge in [-0.1, -0.05) is 48.6 Å². The molecule has 0 aliphatic carbocycles. The molecule has 368 valence electrons. The molecule has 0 amide bonds. The summed E-state index contributed by atoms with van der Waals surface area (Å²) in [4.78, 5) is 91.0. The van der Waals surface area contributed by atoms with Gasteiger partial charge in [0, 0.05) is 25.7 Å². The maximum absolute atomic E-state index is 12.2. The zero-order valence-corrected chi connectivity index (χ0v) is 38.7. The summed E-state index contributed by atoms with van der Waals surface area (Å²) in [6.45, 7) is 0. The summed E-state index contributed by atoms with van der Waals surface area (Å²) in [5.74, 6) is -2.55. The fourth-order valence-electron chi connectivity index (χ4n) is 5.77. The van der Waals surface area contributed by atoms with Gasteiger partial charge in [0.15, 0.2) is 69.1 Å². The van der Waals surface area contributed by atoms with Gasteiger partial charge in [-0.15, -0.1) is 0 Å². The fraction of sp³-hybridized carbons (Fsp3) is 0.231. The Hall–Kier alpha value is -8.80. The van der Waals surface area contributed by atoms with Crippen LogP contribution in [0.1, 0.15) is 73.6 Å². The predicted octanol–water partition coefficient (Wildman–Crippen LogP) is 7.43. The van der Waals surface area contributed by atoms with Gasteiger partial charge in [-0.2, -0.15) is 0 Å². The number of benzene rings is 4. The highest BCUT2D eigenvalue weighted by molar-refractivity contribution is 6.11. The zero-order chi connectivity index (χ0) is 51.6. The SMILES string of the molecule is COc1cc(/C=C/C(=O)CC(=O)/C=C/c2ccc(O)c(OC)c2)ccc1O.COc1cc(/C=C/C(=O)CC(=O)/C=C/c2ccc(OC(=O)CCCC(=O)O)c(OC)c2)ccc1O.O=C1CCCC(=O)O1. The third-order valence-electron chi connectivity index (χ3n) is 9.33. The van der Waals surface area contributed by atoms with Crippen molar-refractivity contribution in [1.82, 2.24) is 0 Å². The predicted molar refractivity (Wildman–Crippen MR) is 254 cm³/mol. The third-order valence-corrected chi connectivity index (χ3v) is 9.33. The number of phenolic OH excluding ortho intramolecular Hbond substituents is 3. The highest BCUT2D eigenvalue weighted by Crippen LogP contribution is 2.31. The number of hydrogen-bond acceptors (Lipinski definition) is 17. The molecule has 0 unspecified atom stereocenters. The lowest BCUT2D eigenvalue weighted by molar-refractivity contribution is -0.163. The van der Waals surface area contributed by atoms with E-state index in [1.54, 1.807) is 60.7 Å². The van der Waals surface area contributed by atoms with Crippen molar-refractivity contribution >= 4 is 71.3 Å². The van der Waals surface area contributed by atoms with Crippen molar-refractivity contribution in [3.8, 4) is 46.0 Å². The van der Waals surface area contributed by atoms with Gasteiger partial charge in [0.2, 0.25) is 0 Å². The summed E-state index contributed by atoms with van der Waals surface area (Å²) in [7, 11) is 5.68. The van der Waals surface area contributed by atoms with Crippen molar-refractivity contribution in [3.63, 3.8) is 0 Å². The average molecular weight is 965 g/mol. The number of rotatable bonds is 21. The van der Waals surface area contributed by atoms with Crippen LogP contribution in [0.15, 0.2) is 97.1 Å². The molecule has 0 bridgehead atoms. The topological polar surface area (TPSA) is 273 Å². The molecule has 4 aromatic carbocycles. The van der Waals surface area contributed by atoms with Crippen molar-refractivity contribution in [1.29, 1.82) is 0 Å². The van der Waals surface area contributed by atoms with Crippen molar-refractivity contribution < 1.29 is 87.2 Å². The number of ketones is 4. The van der Waals surface area contributed by atoms with E-state index in [1.807, 2.05) is 0 Å². The highest BCUT2D eigenvalue weighted by atomic mass is 16.6. The van der Waals surface area contributed by atoms with Crippen LogP contribution in [0.3, 0.4) is 0 Å². The number of aromatic hydroxyl groups is 3. The highest BCUT2D eigenvalue weighted by Gasteiger charge is 2.16. The van der Waals surface area contributed by atoms with E-state index in [0.29, 0.717) is 53.0 Å². The zero-order valence-electron chi connectivity index (χ0n) is 38.7. The van der Waals surface area contributed by atoms with Crippen LogP contribution in [-0.2, 0) is 43.1 Å². The summed E-state index contributed by atoms with van der Waals surface area (Å²) in [5, 5.41) is 37.3. The average Bonchev–Trinajstić information content (AvgIpc) is 3.33. The Balaban J connectivity index is 0.000000326. The molecule has 0 radical (unpaired) electrons. The second-order valence-electron chi connectivity index (χ2n) is 14.7. The molecule has 0 aromatic heterocycles. The van der Waals surface area contributed by atoms with Gasteiger partial charge >= 0.3 is 23.9 Å². The Morgan fingerprint density at radius 3 is 1.16 bits per heavy atom. The van der Waals surface area contributed by atoms with Crippen LogP contribution in [0.25, 0.3) is 24.3 Å². The standard InChI is InChI=1S/C26H26O9.C21H20O6.C5H6O3/c1-33-23-14-17(8-12-21(23)29)6-10-19(27)16-20(28)11-7-18-9-13-22(24(15-18)34-2)35-26(32)5-3-4-25(30)31;1-26-20-11-14(5-9-18(20)24)3-7-16(22)13-17(23)8-4-15-6-10-19(25)21(12-15)27-2;6-4-2-1-3-5(7)8-4/h6-15,29H,3-5,16H2,1-2H3,(H,30,31);3-12,24-25H,13H2,1-2H3;1-3H2/b10-6+,11-7+;7-3+,8-4+;. The second kappa shape index (κ2) is 29.1. The molecule has 1 fully saturated rings. The third kappa shape index (κ3) is 20.4. The molecule has 0 atom stereocenters. The lowest BCUT2D eigenvalue weighted by Gasteiger charge is -2.09. The number of cyclic esters (lactones) is 2. The van der Waals surface area contributed by atoms with E-state index in [4.69, 9.17) is 28.8 Å². The minimum absolute atomic E-state index is 0.00662. The summed E-state index contributed by atoms with van der Waals surface area (Å²) >= 11 is 0. The van der Waals surface area contributed by atoms with E-state index in [-0.39, 0.29) is 90.1 Å². The number of ether oxygens (including phenoxy) is 6. The van der Waals surface area contributed by atoms with Gasteiger partial charge in [-0.3, -0.25) is 38.4 Å². The summed E-state index contributed by atoms with van der Waals surface area (Å²) in [6.07, 6.45) is 12.1. The van der Waals surface area contributed by atoms with Crippen molar-refractivity contribution in [3.05, 3.63) is 119 Å². The van der Waals surface area contributed by atoms with Crippen LogP contribution in [0, 0.1) is 0 Å². The molecule has 1 saturated heterocycles. The normalized spacial score (nSPS) is 12.1. The van der Waals surface area contributed by atoms with E-state index in [9.17, 15) is 53.7 Å². The van der Waals surface area contributed by atoms with Crippen LogP contribution in [-0.4, -0.2) is 95.9 Å². The van der Waals surface area contributed by atoms with Crippen molar-refractivity contribution in [2.45, 2.75) is 51.4 Å². The molecule has 4 aromatic rings. The smallest absolute Gasteiger partial charge is 0.313 e. The van der Waals surface area contributed by atoms with Crippen LogP contribution >= 0.6 is 0 Å². The van der Waals surface area contributed by atoms with Crippen molar-refractivity contribution in [2.75, 3.05) is 28.4 Å². The van der Waals surface area contributed by atoms with E-state index < -0.39 is 23.5 Å². The first-order valence-corrected chi connectivity index (χ1v) is 21.2. The number of carbonyl (C=O) groups is 8. The lowest BCUT2D eigenvalue weighted by atomic mass is 10.1. The van der Waals surface area contributed by atoms with Gasteiger partial charge in [-0.25, -0.2) is 0 Å². The minimum Gasteiger partial charge on any atom is -0.504 e. The molecule has 1 heterocycles. The molecule has 1 aliphatic rings. The minimum atomic E-state index is -0.989. The largest absolute Gasteiger partial charge is 0.504 e. The number of carboxylic acids is 1. The summed E-state index contributed by atoms with van der Waals surface area (Å²) in [5.41, 5.74) is 2.54. The molecule has 70 heavy (non-hydrogen) atoms. The number of aliphatic carboxylic acids is 1. The van der Waals surface area contributed by atoms with Crippen LogP contribution in [0.5, 0.6) is 46.0 Å². The first kappa shape index (κ1) is 55.5. The van der Waals surface area contributed by atoms with Gasteiger partial charge in [0.1, 0.15) is 0 Å². The first-order valence-electron chi connectivity index (χ1n) is 21.2. The van der Waals surface area contributed by atoms with E-state index in [0.717, 1.165) is 0 Å².